The average Bonchev–Trinajstić information content (AvgIpc) is 2.28. The van der Waals surface area contributed by atoms with E-state index in [4.69, 9.17) is 5.41 Å². The smallest absolute Gasteiger partial charge is 0.0647 e. The summed E-state index contributed by atoms with van der Waals surface area (Å²) in [4.78, 5) is 2.16. The lowest BCUT2D eigenvalue weighted by Crippen LogP contribution is -2.19. The standard InChI is InChI=1S/C13H17N3.2ClH/c1-15(2)9-10-16-8-7-12(14)11-5-3-4-6-13(11)16;;/h3-8,14H,9-10H2,1-2H3;2*1H. The molecule has 0 unspecified atom stereocenters. The van der Waals surface area contributed by atoms with Crippen LogP contribution in [-0.2, 0) is 6.54 Å². The first kappa shape index (κ1) is 17.0. The van der Waals surface area contributed by atoms with Gasteiger partial charge in [0.15, 0.2) is 0 Å². The molecular weight excluding hydrogens is 269 g/mol. The molecule has 3 nitrogen and oxygen atoms in total. The van der Waals surface area contributed by atoms with Gasteiger partial charge in [-0.15, -0.1) is 24.8 Å². The molecular formula is C13H19Cl2N3. The van der Waals surface area contributed by atoms with E-state index in [9.17, 15) is 0 Å². The monoisotopic (exact) mass is 287 g/mol. The van der Waals surface area contributed by atoms with Crippen molar-refractivity contribution in [2.75, 3.05) is 20.6 Å². The van der Waals surface area contributed by atoms with E-state index in [-0.39, 0.29) is 24.8 Å². The molecule has 100 valence electrons. The molecule has 1 aromatic heterocycles. The summed E-state index contributed by atoms with van der Waals surface area (Å²) in [6.07, 6.45) is 1.99. The van der Waals surface area contributed by atoms with E-state index >= 15 is 0 Å². The van der Waals surface area contributed by atoms with E-state index < -0.39 is 0 Å². The average molecular weight is 288 g/mol. The van der Waals surface area contributed by atoms with Gasteiger partial charge in [-0.3, -0.25) is 0 Å². The van der Waals surface area contributed by atoms with Crippen LogP contribution in [0.5, 0.6) is 0 Å². The highest BCUT2D eigenvalue weighted by Crippen LogP contribution is 2.08. The zero-order valence-electron chi connectivity index (χ0n) is 10.6. The number of nitrogens with one attached hydrogen (secondary N) is 1. The van der Waals surface area contributed by atoms with E-state index in [1.807, 2.05) is 30.5 Å². The second kappa shape index (κ2) is 7.41. The van der Waals surface area contributed by atoms with E-state index in [2.05, 4.69) is 29.6 Å². The van der Waals surface area contributed by atoms with Crippen molar-refractivity contribution in [1.29, 1.82) is 5.41 Å². The Labute approximate surface area is 120 Å². The summed E-state index contributed by atoms with van der Waals surface area (Å²) in [6, 6.07) is 9.94. The molecule has 0 spiro atoms. The summed E-state index contributed by atoms with van der Waals surface area (Å²) >= 11 is 0. The first-order valence-electron chi connectivity index (χ1n) is 5.46. The molecule has 0 aliphatic rings. The molecule has 1 N–H and O–H groups in total. The summed E-state index contributed by atoms with van der Waals surface area (Å²) in [5.41, 5.74) is 1.14. The number of hydrogen-bond donors (Lipinski definition) is 1. The van der Waals surface area contributed by atoms with Crippen LogP contribution in [0.2, 0.25) is 0 Å². The third-order valence-corrected chi connectivity index (χ3v) is 2.71. The predicted molar refractivity (Wildman–Crippen MR) is 80.8 cm³/mol. The maximum absolute atomic E-state index is 7.85. The Hall–Kier alpha value is -1.03. The minimum atomic E-state index is 0. The van der Waals surface area contributed by atoms with Crippen LogP contribution in [-0.4, -0.2) is 30.1 Å². The second-order valence-corrected chi connectivity index (χ2v) is 4.24. The van der Waals surface area contributed by atoms with Gasteiger partial charge in [-0.05, 0) is 26.2 Å². The van der Waals surface area contributed by atoms with Gasteiger partial charge >= 0.3 is 0 Å². The van der Waals surface area contributed by atoms with Gasteiger partial charge in [0.1, 0.15) is 0 Å². The molecule has 0 amide bonds. The van der Waals surface area contributed by atoms with E-state index in [0.717, 1.165) is 24.0 Å². The van der Waals surface area contributed by atoms with Crippen molar-refractivity contribution in [3.63, 3.8) is 0 Å². The quantitative estimate of drug-likeness (QED) is 0.924. The van der Waals surface area contributed by atoms with Crippen LogP contribution in [0.3, 0.4) is 0 Å². The number of pyridine rings is 1. The summed E-state index contributed by atoms with van der Waals surface area (Å²) in [5.74, 6) is 0. The van der Waals surface area contributed by atoms with Gasteiger partial charge in [0.2, 0.25) is 0 Å². The van der Waals surface area contributed by atoms with Gasteiger partial charge in [-0.25, -0.2) is 0 Å². The van der Waals surface area contributed by atoms with Crippen LogP contribution in [0.1, 0.15) is 0 Å². The largest absolute Gasteiger partial charge is 0.346 e. The number of hydrogen-bond acceptors (Lipinski definition) is 2. The molecule has 2 rings (SSSR count). The molecule has 5 heteroatoms. The zero-order valence-corrected chi connectivity index (χ0v) is 12.2. The van der Waals surface area contributed by atoms with Crippen LogP contribution in [0.4, 0.5) is 0 Å². The van der Waals surface area contributed by atoms with Gasteiger partial charge in [-0.2, -0.15) is 0 Å². The number of para-hydroxylation sites is 1. The molecule has 0 bridgehead atoms. The predicted octanol–water partition coefficient (Wildman–Crippen LogP) is 2.53. The van der Waals surface area contributed by atoms with Crippen molar-refractivity contribution in [2.24, 2.45) is 0 Å². The highest BCUT2D eigenvalue weighted by atomic mass is 35.5. The lowest BCUT2D eigenvalue weighted by molar-refractivity contribution is 0.386. The summed E-state index contributed by atoms with van der Waals surface area (Å²) in [6.45, 7) is 1.96. The molecule has 0 aliphatic heterocycles. The van der Waals surface area contributed by atoms with Crippen molar-refractivity contribution >= 4 is 35.7 Å². The van der Waals surface area contributed by atoms with Gasteiger partial charge < -0.3 is 14.9 Å². The first-order chi connectivity index (χ1) is 7.68. The third kappa shape index (κ3) is 3.73. The van der Waals surface area contributed by atoms with Crippen molar-refractivity contribution in [3.05, 3.63) is 41.9 Å². The van der Waals surface area contributed by atoms with Crippen LogP contribution in [0.15, 0.2) is 36.5 Å². The molecule has 0 fully saturated rings. The molecule has 1 aromatic carbocycles. The lowest BCUT2D eigenvalue weighted by Gasteiger charge is -2.14. The van der Waals surface area contributed by atoms with Gasteiger partial charge in [-0.1, -0.05) is 18.2 Å². The highest BCUT2D eigenvalue weighted by Gasteiger charge is 1.99. The number of benzene rings is 1. The normalized spacial score (nSPS) is 9.94. The lowest BCUT2D eigenvalue weighted by atomic mass is 10.2. The van der Waals surface area contributed by atoms with Gasteiger partial charge in [0.25, 0.3) is 0 Å². The van der Waals surface area contributed by atoms with Gasteiger partial charge in [0.05, 0.1) is 10.9 Å². The zero-order chi connectivity index (χ0) is 11.5. The maximum atomic E-state index is 7.85. The Balaban J connectivity index is 0.00000144. The number of nitrogens with zero attached hydrogens (tertiary/aromatic N) is 2. The van der Waals surface area contributed by atoms with Crippen molar-refractivity contribution in [2.45, 2.75) is 6.54 Å². The molecule has 0 radical (unpaired) electrons. The maximum Gasteiger partial charge on any atom is 0.0647 e. The van der Waals surface area contributed by atoms with Crippen molar-refractivity contribution < 1.29 is 0 Å². The van der Waals surface area contributed by atoms with E-state index in [0.29, 0.717) is 5.36 Å². The molecule has 1 heterocycles. The minimum Gasteiger partial charge on any atom is -0.346 e. The molecule has 2 aromatic rings. The van der Waals surface area contributed by atoms with Crippen molar-refractivity contribution in [1.82, 2.24) is 9.47 Å². The molecule has 0 atom stereocenters. The van der Waals surface area contributed by atoms with E-state index in [1.165, 1.54) is 0 Å². The number of likely N-dealkylation sites (N-methyl/N-ethyl adjacent to an activating group) is 1. The summed E-state index contributed by atoms with van der Waals surface area (Å²) < 4.78 is 2.20. The summed E-state index contributed by atoms with van der Waals surface area (Å²) in [5, 5.41) is 9.46. The number of rotatable bonds is 3. The number of halogens is 2. The fraction of sp³-hybridized carbons (Fsp3) is 0.308. The third-order valence-electron chi connectivity index (χ3n) is 2.71. The first-order valence-corrected chi connectivity index (χ1v) is 5.46. The second-order valence-electron chi connectivity index (χ2n) is 4.24. The minimum absolute atomic E-state index is 0. The molecule has 0 aliphatic carbocycles. The van der Waals surface area contributed by atoms with Crippen LogP contribution < -0.4 is 5.36 Å². The molecule has 0 saturated heterocycles. The van der Waals surface area contributed by atoms with Gasteiger partial charge in [0, 0.05) is 24.7 Å². The Morgan fingerprint density at radius 3 is 2.44 bits per heavy atom. The van der Waals surface area contributed by atoms with Crippen LogP contribution in [0, 0.1) is 5.41 Å². The molecule has 0 saturated carbocycles. The number of fused-ring (bicyclic) bond motifs is 1. The fourth-order valence-electron chi connectivity index (χ4n) is 1.79. The Morgan fingerprint density at radius 1 is 1.11 bits per heavy atom. The SMILES string of the molecule is CN(C)CCn1ccc(=N)c2ccccc21.Cl.Cl. The number of aromatic nitrogens is 1. The molecule has 18 heavy (non-hydrogen) atoms. The van der Waals surface area contributed by atoms with Crippen LogP contribution in [0.25, 0.3) is 10.9 Å². The Bertz CT molecular complexity index is 549. The summed E-state index contributed by atoms with van der Waals surface area (Å²) in [7, 11) is 4.14. The van der Waals surface area contributed by atoms with E-state index in [1.54, 1.807) is 0 Å². The fourth-order valence-corrected chi connectivity index (χ4v) is 1.79. The highest BCUT2D eigenvalue weighted by molar-refractivity contribution is 5.85. The topological polar surface area (TPSA) is 32.0 Å². The Morgan fingerprint density at radius 2 is 1.78 bits per heavy atom. The Kier molecular flexibility index (Phi) is 6.99. The van der Waals surface area contributed by atoms with Crippen LogP contribution >= 0.6 is 24.8 Å². The van der Waals surface area contributed by atoms with Crippen molar-refractivity contribution in [3.8, 4) is 0 Å².